The van der Waals surface area contributed by atoms with Crippen LogP contribution in [0.15, 0.2) is 0 Å². The molecule has 0 aromatic carbocycles. The molecule has 1 saturated carbocycles. The van der Waals surface area contributed by atoms with Gasteiger partial charge in [0.1, 0.15) is 0 Å². The highest BCUT2D eigenvalue weighted by Crippen LogP contribution is 2.43. The van der Waals surface area contributed by atoms with Crippen LogP contribution in [0.1, 0.15) is 52.9 Å². The number of hydrogen-bond acceptors (Lipinski definition) is 3. The van der Waals surface area contributed by atoms with Crippen LogP contribution in [0.2, 0.25) is 0 Å². The zero-order valence-electron chi connectivity index (χ0n) is 13.9. The number of piperidine rings is 1. The minimum Gasteiger partial charge on any atom is -0.325 e. The largest absolute Gasteiger partial charge is 0.325 e. The Bertz CT molecular complexity index is 383. The van der Waals surface area contributed by atoms with Crippen LogP contribution in [-0.2, 0) is 4.79 Å². The molecule has 1 unspecified atom stereocenters. The van der Waals surface area contributed by atoms with Crippen LogP contribution in [0.3, 0.4) is 0 Å². The number of carbonyl (C=O) groups excluding carboxylic acids is 1. The summed E-state index contributed by atoms with van der Waals surface area (Å²) >= 11 is 0. The first-order valence-electron chi connectivity index (χ1n) is 8.85. The van der Waals surface area contributed by atoms with E-state index in [0.717, 1.165) is 32.4 Å². The van der Waals surface area contributed by atoms with E-state index >= 15 is 0 Å². The normalized spacial score (nSPS) is 29.8. The first kappa shape index (κ1) is 15.3. The summed E-state index contributed by atoms with van der Waals surface area (Å²) in [6, 6.07) is 0. The van der Waals surface area contributed by atoms with Crippen molar-refractivity contribution in [2.24, 2.45) is 11.8 Å². The van der Waals surface area contributed by atoms with E-state index in [9.17, 15) is 4.79 Å². The van der Waals surface area contributed by atoms with Crippen molar-refractivity contribution in [3.63, 3.8) is 0 Å². The third-order valence-corrected chi connectivity index (χ3v) is 5.54. The smallest absolute Gasteiger partial charge is 0.244 e. The molecule has 3 fully saturated rings. The standard InChI is InChI=1S/C17H31N3O/c1-4-19-9-5-14(6-10-19)12-20-15(11-13(2)3)18-17(7-8-17)16(20)21/h13-15,18H,4-12H2,1-3H3. The predicted octanol–water partition coefficient (Wildman–Crippen LogP) is 2.05. The van der Waals surface area contributed by atoms with Gasteiger partial charge in [-0.15, -0.1) is 0 Å². The molecule has 3 rings (SSSR count). The highest BCUT2D eigenvalue weighted by Gasteiger charge is 2.59. The first-order chi connectivity index (χ1) is 10.0. The summed E-state index contributed by atoms with van der Waals surface area (Å²) in [6.45, 7) is 11.3. The fourth-order valence-electron chi connectivity index (χ4n) is 3.96. The molecule has 0 bridgehead atoms. The Labute approximate surface area is 129 Å². The van der Waals surface area contributed by atoms with E-state index in [2.05, 4.69) is 35.9 Å². The molecule has 2 saturated heterocycles. The summed E-state index contributed by atoms with van der Waals surface area (Å²) in [4.78, 5) is 17.4. The molecule has 0 aromatic rings. The lowest BCUT2D eigenvalue weighted by Gasteiger charge is -2.35. The Morgan fingerprint density at radius 1 is 1.29 bits per heavy atom. The average molecular weight is 293 g/mol. The highest BCUT2D eigenvalue weighted by molar-refractivity contribution is 5.91. The number of nitrogens with one attached hydrogen (secondary N) is 1. The molecule has 4 heteroatoms. The van der Waals surface area contributed by atoms with E-state index in [1.165, 1.54) is 25.9 Å². The van der Waals surface area contributed by atoms with Crippen molar-refractivity contribution in [3.8, 4) is 0 Å². The molecular weight excluding hydrogens is 262 g/mol. The Morgan fingerprint density at radius 2 is 1.95 bits per heavy atom. The second kappa shape index (κ2) is 5.88. The first-order valence-corrected chi connectivity index (χ1v) is 8.85. The van der Waals surface area contributed by atoms with Gasteiger partial charge in [-0.25, -0.2) is 0 Å². The summed E-state index contributed by atoms with van der Waals surface area (Å²) < 4.78 is 0. The van der Waals surface area contributed by atoms with E-state index in [0.29, 0.717) is 17.7 Å². The zero-order valence-corrected chi connectivity index (χ0v) is 13.9. The molecule has 21 heavy (non-hydrogen) atoms. The van der Waals surface area contributed by atoms with Crippen molar-refractivity contribution in [2.75, 3.05) is 26.2 Å². The fourth-order valence-corrected chi connectivity index (χ4v) is 3.96. The van der Waals surface area contributed by atoms with Crippen LogP contribution in [0, 0.1) is 11.8 Å². The number of carbonyl (C=O) groups is 1. The van der Waals surface area contributed by atoms with Crippen molar-refractivity contribution >= 4 is 5.91 Å². The van der Waals surface area contributed by atoms with Crippen molar-refractivity contribution in [2.45, 2.75) is 64.6 Å². The average Bonchev–Trinajstić information content (AvgIpc) is 3.19. The summed E-state index contributed by atoms with van der Waals surface area (Å²) in [5.41, 5.74) is -0.149. The van der Waals surface area contributed by atoms with Gasteiger partial charge in [-0.2, -0.15) is 0 Å². The van der Waals surface area contributed by atoms with Gasteiger partial charge in [-0.3, -0.25) is 10.1 Å². The maximum absolute atomic E-state index is 12.7. The van der Waals surface area contributed by atoms with E-state index in [-0.39, 0.29) is 11.7 Å². The fraction of sp³-hybridized carbons (Fsp3) is 0.941. The van der Waals surface area contributed by atoms with E-state index in [1.54, 1.807) is 0 Å². The number of amides is 1. The molecule has 1 N–H and O–H groups in total. The zero-order chi connectivity index (χ0) is 15.0. The van der Waals surface area contributed by atoms with Crippen molar-refractivity contribution in [3.05, 3.63) is 0 Å². The van der Waals surface area contributed by atoms with Gasteiger partial charge in [-0.1, -0.05) is 20.8 Å². The number of rotatable bonds is 5. The molecule has 1 aliphatic carbocycles. The molecule has 4 nitrogen and oxygen atoms in total. The van der Waals surface area contributed by atoms with Gasteiger partial charge in [0.2, 0.25) is 5.91 Å². The maximum Gasteiger partial charge on any atom is 0.244 e. The molecule has 0 aromatic heterocycles. The third kappa shape index (κ3) is 3.11. The Kier molecular flexibility index (Phi) is 4.28. The lowest BCUT2D eigenvalue weighted by atomic mass is 9.95. The minimum absolute atomic E-state index is 0.149. The van der Waals surface area contributed by atoms with Gasteiger partial charge in [0.25, 0.3) is 0 Å². The topological polar surface area (TPSA) is 35.6 Å². The quantitative estimate of drug-likeness (QED) is 0.843. The predicted molar refractivity (Wildman–Crippen MR) is 84.9 cm³/mol. The monoisotopic (exact) mass is 293 g/mol. The van der Waals surface area contributed by atoms with Gasteiger partial charge in [0.05, 0.1) is 11.7 Å². The lowest BCUT2D eigenvalue weighted by molar-refractivity contribution is -0.131. The van der Waals surface area contributed by atoms with Crippen LogP contribution >= 0.6 is 0 Å². The lowest BCUT2D eigenvalue weighted by Crippen LogP contribution is -2.44. The molecule has 2 aliphatic heterocycles. The Balaban J connectivity index is 1.60. The highest BCUT2D eigenvalue weighted by atomic mass is 16.2. The summed E-state index contributed by atoms with van der Waals surface area (Å²) in [7, 11) is 0. The summed E-state index contributed by atoms with van der Waals surface area (Å²) in [5, 5.41) is 3.65. The molecule has 120 valence electrons. The van der Waals surface area contributed by atoms with Crippen molar-refractivity contribution in [1.82, 2.24) is 15.1 Å². The molecule has 1 amide bonds. The Hall–Kier alpha value is -0.610. The van der Waals surface area contributed by atoms with E-state index in [4.69, 9.17) is 0 Å². The van der Waals surface area contributed by atoms with Gasteiger partial charge in [-0.05, 0) is 63.6 Å². The Morgan fingerprint density at radius 3 is 2.48 bits per heavy atom. The van der Waals surface area contributed by atoms with Crippen LogP contribution in [0.25, 0.3) is 0 Å². The number of hydrogen-bond donors (Lipinski definition) is 1. The molecule has 1 spiro atoms. The van der Waals surface area contributed by atoms with Crippen molar-refractivity contribution < 1.29 is 4.79 Å². The maximum atomic E-state index is 12.7. The van der Waals surface area contributed by atoms with Crippen LogP contribution in [-0.4, -0.2) is 53.6 Å². The number of nitrogens with zero attached hydrogens (tertiary/aromatic N) is 2. The molecule has 0 radical (unpaired) electrons. The van der Waals surface area contributed by atoms with Crippen molar-refractivity contribution in [1.29, 1.82) is 0 Å². The third-order valence-electron chi connectivity index (χ3n) is 5.54. The van der Waals surface area contributed by atoms with E-state index in [1.807, 2.05) is 0 Å². The second-order valence-electron chi connectivity index (χ2n) is 7.71. The van der Waals surface area contributed by atoms with Gasteiger partial charge in [0, 0.05) is 6.54 Å². The number of likely N-dealkylation sites (tertiary alicyclic amines) is 1. The minimum atomic E-state index is -0.149. The van der Waals surface area contributed by atoms with Crippen LogP contribution < -0.4 is 5.32 Å². The van der Waals surface area contributed by atoms with Gasteiger partial charge < -0.3 is 9.80 Å². The van der Waals surface area contributed by atoms with Crippen LogP contribution in [0.4, 0.5) is 0 Å². The molecular formula is C17H31N3O. The molecule has 1 atom stereocenters. The summed E-state index contributed by atoms with van der Waals surface area (Å²) in [5.74, 6) is 1.72. The van der Waals surface area contributed by atoms with Crippen LogP contribution in [0.5, 0.6) is 0 Å². The second-order valence-corrected chi connectivity index (χ2v) is 7.71. The SMILES string of the molecule is CCN1CCC(CN2C(=O)C3(CC3)NC2CC(C)C)CC1. The van der Waals surface area contributed by atoms with Gasteiger partial charge in [0.15, 0.2) is 0 Å². The molecule has 2 heterocycles. The van der Waals surface area contributed by atoms with E-state index < -0.39 is 0 Å². The summed E-state index contributed by atoms with van der Waals surface area (Å²) in [6.07, 6.45) is 5.96. The van der Waals surface area contributed by atoms with Gasteiger partial charge >= 0.3 is 0 Å². The molecule has 3 aliphatic rings.